The number of anilines is 1. The molecule has 0 unspecified atom stereocenters. The summed E-state index contributed by atoms with van der Waals surface area (Å²) < 4.78 is 1.85. The molecular weight excluding hydrogens is 424 g/mol. The molecule has 0 bridgehead atoms. The van der Waals surface area contributed by atoms with Crippen molar-refractivity contribution in [1.82, 2.24) is 25.0 Å². The second-order valence-corrected chi connectivity index (χ2v) is 8.36. The molecular formula is C27H28N6O. The van der Waals surface area contributed by atoms with Crippen molar-refractivity contribution in [3.05, 3.63) is 96.8 Å². The molecule has 172 valence electrons. The molecule has 1 N–H and O–H groups in total. The van der Waals surface area contributed by atoms with E-state index in [0.717, 1.165) is 48.9 Å². The summed E-state index contributed by atoms with van der Waals surface area (Å²) in [6, 6.07) is 28.1. The van der Waals surface area contributed by atoms with Crippen LogP contribution in [0.1, 0.15) is 5.69 Å². The van der Waals surface area contributed by atoms with Crippen molar-refractivity contribution in [3.8, 4) is 17.1 Å². The fourth-order valence-corrected chi connectivity index (χ4v) is 4.21. The Labute approximate surface area is 199 Å². The minimum absolute atomic E-state index is 0.0317. The molecule has 4 aromatic rings. The molecule has 1 saturated heterocycles. The van der Waals surface area contributed by atoms with Gasteiger partial charge < -0.3 is 10.2 Å². The molecule has 7 heteroatoms. The number of rotatable bonds is 7. The van der Waals surface area contributed by atoms with Gasteiger partial charge in [-0.25, -0.2) is 4.68 Å². The topological polar surface area (TPSA) is 66.3 Å². The van der Waals surface area contributed by atoms with Gasteiger partial charge in [-0.15, -0.1) is 0 Å². The Bertz CT molecular complexity index is 1140. The van der Waals surface area contributed by atoms with Gasteiger partial charge in [0.15, 0.2) is 0 Å². The van der Waals surface area contributed by atoms with Crippen molar-refractivity contribution in [3.63, 3.8) is 0 Å². The van der Waals surface area contributed by atoms with E-state index < -0.39 is 0 Å². The van der Waals surface area contributed by atoms with Gasteiger partial charge in [-0.1, -0.05) is 42.5 Å². The molecule has 0 atom stereocenters. The summed E-state index contributed by atoms with van der Waals surface area (Å²) >= 11 is 0. The van der Waals surface area contributed by atoms with E-state index in [1.807, 2.05) is 65.3 Å². The van der Waals surface area contributed by atoms with Gasteiger partial charge in [0.1, 0.15) is 0 Å². The van der Waals surface area contributed by atoms with E-state index in [1.54, 1.807) is 6.20 Å². The Hall–Kier alpha value is -3.97. The van der Waals surface area contributed by atoms with Crippen LogP contribution in [0.25, 0.3) is 17.1 Å². The lowest BCUT2D eigenvalue weighted by Crippen LogP contribution is -2.50. The molecule has 2 aromatic heterocycles. The van der Waals surface area contributed by atoms with Crippen molar-refractivity contribution in [2.75, 3.05) is 37.7 Å². The van der Waals surface area contributed by atoms with Crippen LogP contribution in [0.5, 0.6) is 0 Å². The van der Waals surface area contributed by atoms with Gasteiger partial charge in [-0.05, 0) is 42.5 Å². The SMILES string of the molecule is O=C(Cc1cc(-c2ccccn2)n(-c2ccccc2)n1)NCN1CCN(c2ccccc2)CC1. The van der Waals surface area contributed by atoms with E-state index >= 15 is 0 Å². The second-order valence-electron chi connectivity index (χ2n) is 8.36. The highest BCUT2D eigenvalue weighted by atomic mass is 16.1. The van der Waals surface area contributed by atoms with Gasteiger partial charge in [0.25, 0.3) is 0 Å². The van der Waals surface area contributed by atoms with Gasteiger partial charge in [0, 0.05) is 38.1 Å². The monoisotopic (exact) mass is 452 g/mol. The summed E-state index contributed by atoms with van der Waals surface area (Å²) in [7, 11) is 0. The van der Waals surface area contributed by atoms with Crippen LogP contribution in [0.3, 0.4) is 0 Å². The van der Waals surface area contributed by atoms with Gasteiger partial charge in [-0.3, -0.25) is 14.7 Å². The first kappa shape index (κ1) is 21.9. The predicted octanol–water partition coefficient (Wildman–Crippen LogP) is 3.37. The minimum atomic E-state index is -0.0317. The first-order chi connectivity index (χ1) is 16.8. The molecule has 0 spiro atoms. The third-order valence-corrected chi connectivity index (χ3v) is 6.02. The van der Waals surface area contributed by atoms with E-state index in [2.05, 4.69) is 44.4 Å². The lowest BCUT2D eigenvalue weighted by Gasteiger charge is -2.36. The van der Waals surface area contributed by atoms with Gasteiger partial charge >= 0.3 is 0 Å². The first-order valence-corrected chi connectivity index (χ1v) is 11.6. The van der Waals surface area contributed by atoms with Crippen LogP contribution < -0.4 is 10.2 Å². The van der Waals surface area contributed by atoms with Crippen molar-refractivity contribution < 1.29 is 4.79 Å². The zero-order chi connectivity index (χ0) is 23.2. The average molecular weight is 453 g/mol. The summed E-state index contributed by atoms with van der Waals surface area (Å²) in [5, 5.41) is 7.80. The van der Waals surface area contributed by atoms with Crippen LogP contribution >= 0.6 is 0 Å². The third-order valence-electron chi connectivity index (χ3n) is 6.02. The standard InChI is InChI=1S/C27H28N6O/c34-27(29-21-31-15-17-32(18-16-31)23-9-3-1-4-10-23)20-22-19-26(25-13-7-8-14-28-25)33(30-22)24-11-5-2-6-12-24/h1-14,19H,15-18,20-21H2,(H,29,34). The normalized spacial score (nSPS) is 14.2. The van der Waals surface area contributed by atoms with Crippen LogP contribution in [-0.2, 0) is 11.2 Å². The lowest BCUT2D eigenvalue weighted by molar-refractivity contribution is -0.121. The van der Waals surface area contributed by atoms with Crippen molar-refractivity contribution in [2.45, 2.75) is 6.42 Å². The van der Waals surface area contributed by atoms with Crippen molar-refractivity contribution in [1.29, 1.82) is 0 Å². The number of aromatic nitrogens is 3. The van der Waals surface area contributed by atoms with E-state index in [4.69, 9.17) is 5.10 Å². The number of benzene rings is 2. The number of hydrogen-bond acceptors (Lipinski definition) is 5. The fourth-order valence-electron chi connectivity index (χ4n) is 4.21. The predicted molar refractivity (Wildman–Crippen MR) is 134 cm³/mol. The van der Waals surface area contributed by atoms with Crippen LogP contribution in [0, 0.1) is 0 Å². The Kier molecular flexibility index (Phi) is 6.63. The summed E-state index contributed by atoms with van der Waals surface area (Å²) in [6.45, 7) is 4.29. The number of nitrogens with zero attached hydrogens (tertiary/aromatic N) is 5. The highest BCUT2D eigenvalue weighted by Gasteiger charge is 2.18. The summed E-state index contributed by atoms with van der Waals surface area (Å²) in [4.78, 5) is 21.9. The van der Waals surface area contributed by atoms with Crippen LogP contribution in [0.2, 0.25) is 0 Å². The maximum absolute atomic E-state index is 12.7. The average Bonchev–Trinajstić information content (AvgIpc) is 3.33. The summed E-state index contributed by atoms with van der Waals surface area (Å²) in [5.74, 6) is -0.0317. The maximum atomic E-state index is 12.7. The smallest absolute Gasteiger partial charge is 0.227 e. The zero-order valence-electron chi connectivity index (χ0n) is 19.0. The van der Waals surface area contributed by atoms with Gasteiger partial charge in [0.05, 0.1) is 35.9 Å². The fraction of sp³-hybridized carbons (Fsp3) is 0.222. The van der Waals surface area contributed by atoms with Gasteiger partial charge in [-0.2, -0.15) is 5.10 Å². The number of carbonyl (C=O) groups is 1. The van der Waals surface area contributed by atoms with Gasteiger partial charge in [0.2, 0.25) is 5.91 Å². The van der Waals surface area contributed by atoms with Crippen LogP contribution in [0.4, 0.5) is 5.69 Å². The van der Waals surface area contributed by atoms with Crippen molar-refractivity contribution >= 4 is 11.6 Å². The first-order valence-electron chi connectivity index (χ1n) is 11.6. The molecule has 0 aliphatic carbocycles. The third kappa shape index (κ3) is 5.15. The number of pyridine rings is 1. The van der Waals surface area contributed by atoms with E-state index in [9.17, 15) is 4.79 Å². The number of nitrogens with one attached hydrogen (secondary N) is 1. The second kappa shape index (κ2) is 10.3. The Morgan fingerprint density at radius 2 is 1.50 bits per heavy atom. The zero-order valence-corrected chi connectivity index (χ0v) is 19.0. The molecule has 1 aliphatic rings. The molecule has 7 nitrogen and oxygen atoms in total. The Morgan fingerprint density at radius 1 is 0.824 bits per heavy atom. The maximum Gasteiger partial charge on any atom is 0.227 e. The number of hydrogen-bond donors (Lipinski definition) is 1. The molecule has 2 aromatic carbocycles. The summed E-state index contributed by atoms with van der Waals surface area (Å²) in [6.07, 6.45) is 1.99. The molecule has 1 aliphatic heterocycles. The number of amides is 1. The molecule has 3 heterocycles. The highest BCUT2D eigenvalue weighted by Crippen LogP contribution is 2.22. The minimum Gasteiger partial charge on any atom is -0.369 e. The Morgan fingerprint density at radius 3 is 2.18 bits per heavy atom. The molecule has 0 radical (unpaired) electrons. The molecule has 1 fully saturated rings. The number of piperazine rings is 1. The number of para-hydroxylation sites is 2. The molecule has 1 amide bonds. The van der Waals surface area contributed by atoms with E-state index in [1.165, 1.54) is 5.69 Å². The lowest BCUT2D eigenvalue weighted by atomic mass is 10.2. The van der Waals surface area contributed by atoms with Crippen LogP contribution in [0.15, 0.2) is 91.1 Å². The van der Waals surface area contributed by atoms with E-state index in [-0.39, 0.29) is 12.3 Å². The molecule has 0 saturated carbocycles. The molecule has 34 heavy (non-hydrogen) atoms. The number of carbonyl (C=O) groups excluding carboxylic acids is 1. The largest absolute Gasteiger partial charge is 0.369 e. The highest BCUT2D eigenvalue weighted by molar-refractivity contribution is 5.78. The quantitative estimate of drug-likeness (QED) is 0.466. The van der Waals surface area contributed by atoms with Crippen LogP contribution in [-0.4, -0.2) is 58.4 Å². The Balaban J connectivity index is 1.20. The van der Waals surface area contributed by atoms with E-state index in [0.29, 0.717) is 6.67 Å². The molecule has 5 rings (SSSR count). The summed E-state index contributed by atoms with van der Waals surface area (Å²) in [5.41, 5.74) is 4.60. The van der Waals surface area contributed by atoms with Crippen molar-refractivity contribution in [2.24, 2.45) is 0 Å².